The quantitative estimate of drug-likeness (QED) is 0.850. The van der Waals surface area contributed by atoms with Crippen molar-refractivity contribution >= 4 is 11.8 Å². The number of carbonyl (C=O) groups is 2. The predicted molar refractivity (Wildman–Crippen MR) is 106 cm³/mol. The Balaban J connectivity index is 1.33. The summed E-state index contributed by atoms with van der Waals surface area (Å²) < 4.78 is 1.81. The van der Waals surface area contributed by atoms with Gasteiger partial charge in [-0.15, -0.1) is 0 Å². The lowest BCUT2D eigenvalue weighted by atomic mass is 9.78. The summed E-state index contributed by atoms with van der Waals surface area (Å²) in [5.74, 6) is 0.514. The van der Waals surface area contributed by atoms with Gasteiger partial charge in [0.25, 0.3) is 0 Å². The minimum Gasteiger partial charge on any atom is -0.348 e. The molecule has 1 atom stereocenters. The van der Waals surface area contributed by atoms with E-state index in [1.165, 1.54) is 0 Å². The van der Waals surface area contributed by atoms with Gasteiger partial charge in [-0.25, -0.2) is 4.98 Å². The Morgan fingerprint density at radius 1 is 1.28 bits per heavy atom. The average Bonchev–Trinajstić information content (AvgIpc) is 3.24. The van der Waals surface area contributed by atoms with Gasteiger partial charge in [-0.05, 0) is 31.7 Å². The molecule has 8 nitrogen and oxygen atoms in total. The monoisotopic (exact) mass is 396 g/mol. The fourth-order valence-corrected chi connectivity index (χ4v) is 5.03. The highest BCUT2D eigenvalue weighted by molar-refractivity contribution is 5.82. The van der Waals surface area contributed by atoms with Gasteiger partial charge in [0.05, 0.1) is 30.0 Å². The Morgan fingerprint density at radius 2 is 2.07 bits per heavy atom. The highest BCUT2D eigenvalue weighted by Crippen LogP contribution is 2.45. The highest BCUT2D eigenvalue weighted by atomic mass is 16.2. The average molecular weight is 396 g/mol. The zero-order chi connectivity index (χ0) is 20.0. The molecule has 154 valence electrons. The van der Waals surface area contributed by atoms with Crippen LogP contribution in [0.4, 0.5) is 0 Å². The van der Waals surface area contributed by atoms with Gasteiger partial charge in [-0.2, -0.15) is 5.10 Å². The molecule has 4 heterocycles. The van der Waals surface area contributed by atoms with Crippen LogP contribution in [0.2, 0.25) is 0 Å². The van der Waals surface area contributed by atoms with Crippen LogP contribution in [0.3, 0.4) is 0 Å². The van der Waals surface area contributed by atoms with Crippen LogP contribution in [0, 0.1) is 11.8 Å². The van der Waals surface area contributed by atoms with Crippen molar-refractivity contribution in [3.05, 3.63) is 36.2 Å². The predicted octanol–water partition coefficient (Wildman–Crippen LogP) is 1.55. The fourth-order valence-electron chi connectivity index (χ4n) is 5.03. The van der Waals surface area contributed by atoms with Crippen molar-refractivity contribution in [3.8, 4) is 0 Å². The molecule has 3 aliphatic rings. The molecule has 8 heteroatoms. The molecular weight excluding hydrogens is 368 g/mol. The van der Waals surface area contributed by atoms with Crippen LogP contribution in [-0.4, -0.2) is 61.0 Å². The number of aromatic nitrogens is 4. The van der Waals surface area contributed by atoms with Gasteiger partial charge >= 0.3 is 0 Å². The molecule has 0 radical (unpaired) electrons. The summed E-state index contributed by atoms with van der Waals surface area (Å²) in [5.41, 5.74) is 1.81. The van der Waals surface area contributed by atoms with E-state index in [1.54, 1.807) is 17.2 Å². The van der Waals surface area contributed by atoms with E-state index in [2.05, 4.69) is 20.0 Å². The molecule has 2 aromatic heterocycles. The Bertz CT molecular complexity index is 892. The second-order valence-corrected chi connectivity index (χ2v) is 8.73. The summed E-state index contributed by atoms with van der Waals surface area (Å²) >= 11 is 0. The number of aromatic amines is 1. The third-order valence-corrected chi connectivity index (χ3v) is 6.80. The third kappa shape index (κ3) is 3.14. The standard InChI is InChI=1S/C21H28N6O2/c1-15(13-26-9-2-8-24-26)19(28)25-11-6-21(7-12-25)18-17(22-14-23-18)5-10-27(21)20(29)16-3-4-16/h2,8-9,14-16H,3-7,10-13H2,1H3,(H,22,23)/t15-/m0/s1. The maximum Gasteiger partial charge on any atom is 0.227 e. The fraction of sp³-hybridized carbons (Fsp3) is 0.619. The maximum atomic E-state index is 13.1. The number of nitrogens with one attached hydrogen (secondary N) is 1. The number of carbonyl (C=O) groups excluding carboxylic acids is 2. The molecule has 2 amide bonds. The van der Waals surface area contributed by atoms with Gasteiger partial charge in [0.15, 0.2) is 0 Å². The number of imidazole rings is 1. The van der Waals surface area contributed by atoms with Crippen molar-refractivity contribution in [2.45, 2.75) is 51.1 Å². The minimum atomic E-state index is -0.366. The molecule has 0 aromatic carbocycles. The molecule has 1 aliphatic carbocycles. The molecule has 0 unspecified atom stereocenters. The van der Waals surface area contributed by atoms with Crippen molar-refractivity contribution < 1.29 is 9.59 Å². The molecular formula is C21H28N6O2. The molecule has 1 N–H and O–H groups in total. The van der Waals surface area contributed by atoms with E-state index in [0.717, 1.165) is 50.0 Å². The molecule has 5 rings (SSSR count). The van der Waals surface area contributed by atoms with Crippen LogP contribution in [0.25, 0.3) is 0 Å². The highest BCUT2D eigenvalue weighted by Gasteiger charge is 2.51. The number of nitrogens with zero attached hydrogens (tertiary/aromatic N) is 5. The van der Waals surface area contributed by atoms with E-state index in [4.69, 9.17) is 0 Å². The smallest absolute Gasteiger partial charge is 0.227 e. The first-order valence-corrected chi connectivity index (χ1v) is 10.7. The largest absolute Gasteiger partial charge is 0.348 e. The molecule has 2 aromatic rings. The van der Waals surface area contributed by atoms with Gasteiger partial charge in [0, 0.05) is 50.1 Å². The topological polar surface area (TPSA) is 87.1 Å². The van der Waals surface area contributed by atoms with Gasteiger partial charge in [-0.3, -0.25) is 14.3 Å². The minimum absolute atomic E-state index is 0.125. The molecule has 0 bridgehead atoms. The second kappa shape index (κ2) is 7.00. The van der Waals surface area contributed by atoms with Crippen LogP contribution < -0.4 is 0 Å². The number of rotatable bonds is 4. The van der Waals surface area contributed by atoms with E-state index in [9.17, 15) is 9.59 Å². The molecule has 1 saturated heterocycles. The van der Waals surface area contributed by atoms with Gasteiger partial charge in [0.2, 0.25) is 11.8 Å². The van der Waals surface area contributed by atoms with Gasteiger partial charge < -0.3 is 14.8 Å². The number of hydrogen-bond donors (Lipinski definition) is 1. The lowest BCUT2D eigenvalue weighted by molar-refractivity contribution is -0.146. The van der Waals surface area contributed by atoms with E-state index in [1.807, 2.05) is 24.1 Å². The zero-order valence-corrected chi connectivity index (χ0v) is 16.9. The van der Waals surface area contributed by atoms with Gasteiger partial charge in [-0.1, -0.05) is 6.92 Å². The third-order valence-electron chi connectivity index (χ3n) is 6.80. The maximum absolute atomic E-state index is 13.1. The van der Waals surface area contributed by atoms with Crippen LogP contribution in [-0.2, 0) is 28.1 Å². The number of amides is 2. The normalized spacial score (nSPS) is 21.8. The summed E-state index contributed by atoms with van der Waals surface area (Å²) in [6.45, 7) is 4.60. The first kappa shape index (κ1) is 18.4. The number of piperidine rings is 1. The summed E-state index contributed by atoms with van der Waals surface area (Å²) in [6.07, 6.45) is 9.73. The molecule has 2 aliphatic heterocycles. The lowest BCUT2D eigenvalue weighted by Crippen LogP contribution is -2.59. The SMILES string of the molecule is C[C@@H](Cn1cccn1)C(=O)N1CCC2(CC1)c1nc[nH]c1CCN2C(=O)C1CC1. The van der Waals surface area contributed by atoms with Crippen LogP contribution in [0.5, 0.6) is 0 Å². The number of likely N-dealkylation sites (tertiary alicyclic amines) is 1. The molecule has 1 saturated carbocycles. The van der Waals surface area contributed by atoms with E-state index < -0.39 is 0 Å². The van der Waals surface area contributed by atoms with E-state index >= 15 is 0 Å². The number of hydrogen-bond acceptors (Lipinski definition) is 4. The summed E-state index contributed by atoms with van der Waals surface area (Å²) in [5, 5.41) is 4.21. The Labute approximate surface area is 170 Å². The lowest BCUT2D eigenvalue weighted by Gasteiger charge is -2.50. The van der Waals surface area contributed by atoms with Crippen molar-refractivity contribution in [2.75, 3.05) is 19.6 Å². The number of fused-ring (bicyclic) bond motifs is 2. The van der Waals surface area contributed by atoms with E-state index in [-0.39, 0.29) is 29.2 Å². The Hall–Kier alpha value is -2.64. The van der Waals surface area contributed by atoms with Crippen LogP contribution >= 0.6 is 0 Å². The van der Waals surface area contributed by atoms with Gasteiger partial charge in [0.1, 0.15) is 0 Å². The summed E-state index contributed by atoms with van der Waals surface area (Å²) in [6, 6.07) is 1.87. The number of H-pyrrole nitrogens is 1. The Kier molecular flexibility index (Phi) is 4.44. The second-order valence-electron chi connectivity index (χ2n) is 8.73. The molecule has 29 heavy (non-hydrogen) atoms. The molecule has 1 spiro atoms. The van der Waals surface area contributed by atoms with Crippen molar-refractivity contribution in [2.24, 2.45) is 11.8 Å². The van der Waals surface area contributed by atoms with Crippen molar-refractivity contribution in [1.29, 1.82) is 0 Å². The Morgan fingerprint density at radius 3 is 2.76 bits per heavy atom. The zero-order valence-electron chi connectivity index (χ0n) is 16.9. The molecule has 2 fully saturated rings. The summed E-state index contributed by atoms with van der Waals surface area (Å²) in [4.78, 5) is 38.0. The van der Waals surface area contributed by atoms with Crippen molar-refractivity contribution in [1.82, 2.24) is 29.5 Å². The van der Waals surface area contributed by atoms with E-state index in [0.29, 0.717) is 19.6 Å². The first-order chi connectivity index (χ1) is 14.1. The van der Waals surface area contributed by atoms with Crippen molar-refractivity contribution in [3.63, 3.8) is 0 Å². The first-order valence-electron chi connectivity index (χ1n) is 10.7. The van der Waals surface area contributed by atoms with Crippen LogP contribution in [0.15, 0.2) is 24.8 Å². The summed E-state index contributed by atoms with van der Waals surface area (Å²) in [7, 11) is 0. The van der Waals surface area contributed by atoms with Crippen LogP contribution in [0.1, 0.15) is 44.0 Å².